The molecule has 2 nitrogen and oxygen atoms in total. The van der Waals surface area contributed by atoms with Gasteiger partial charge in [0.2, 0.25) is 0 Å². The van der Waals surface area contributed by atoms with Crippen molar-refractivity contribution in [2.24, 2.45) is 0 Å². The first-order valence-corrected chi connectivity index (χ1v) is 4.48. The average Bonchev–Trinajstić information content (AvgIpc) is 2.09. The maximum atomic E-state index is 13.1. The fourth-order valence-corrected chi connectivity index (χ4v) is 1.06. The predicted octanol–water partition coefficient (Wildman–Crippen LogP) is 1.35. The zero-order valence-electron chi connectivity index (χ0n) is 7.76. The van der Waals surface area contributed by atoms with Crippen LogP contribution in [0.15, 0.2) is 12.3 Å². The van der Waals surface area contributed by atoms with E-state index in [1.54, 1.807) is 7.28 Å². The summed E-state index contributed by atoms with van der Waals surface area (Å²) in [6.45, 7) is 2.10. The van der Waals surface area contributed by atoms with Gasteiger partial charge in [0.05, 0.1) is 5.69 Å². The van der Waals surface area contributed by atoms with E-state index < -0.39 is 0 Å². The second-order valence-corrected chi connectivity index (χ2v) is 2.98. The van der Waals surface area contributed by atoms with Crippen molar-refractivity contribution in [3.8, 4) is 0 Å². The average molecular weight is 179 g/mol. The largest absolute Gasteiger partial charge is 0.397 e. The maximum absolute atomic E-state index is 13.1. The standard InChI is InChI=1S/C9H13BFN2/c1-2-3-4-10-9-8(11)5-7(12)6-13-9/h5-6H,2-4,12H2,1H3. The molecule has 0 aliphatic rings. The molecule has 0 amide bonds. The lowest BCUT2D eigenvalue weighted by atomic mass is 9.69. The predicted molar refractivity (Wildman–Crippen MR) is 53.7 cm³/mol. The van der Waals surface area contributed by atoms with Gasteiger partial charge in [-0.1, -0.05) is 26.1 Å². The quantitative estimate of drug-likeness (QED) is 0.559. The van der Waals surface area contributed by atoms with Crippen LogP contribution in [0.4, 0.5) is 10.1 Å². The van der Waals surface area contributed by atoms with E-state index in [4.69, 9.17) is 5.73 Å². The van der Waals surface area contributed by atoms with E-state index in [0.29, 0.717) is 11.3 Å². The molecular formula is C9H13BFN2. The number of halogens is 1. The molecule has 1 aromatic heterocycles. The van der Waals surface area contributed by atoms with E-state index in [-0.39, 0.29) is 5.82 Å². The number of nitrogens with two attached hydrogens (primary N) is 1. The zero-order valence-corrected chi connectivity index (χ0v) is 7.76. The van der Waals surface area contributed by atoms with E-state index in [0.717, 1.165) is 19.2 Å². The first-order chi connectivity index (χ1) is 6.24. The van der Waals surface area contributed by atoms with Gasteiger partial charge in [0.1, 0.15) is 5.82 Å². The number of unbranched alkanes of at least 4 members (excludes halogenated alkanes) is 1. The topological polar surface area (TPSA) is 38.9 Å². The monoisotopic (exact) mass is 179 g/mol. The molecule has 1 rings (SSSR count). The normalized spacial score (nSPS) is 10.0. The minimum absolute atomic E-state index is 0.337. The molecular weight excluding hydrogens is 166 g/mol. The lowest BCUT2D eigenvalue weighted by Gasteiger charge is -2.00. The zero-order chi connectivity index (χ0) is 9.68. The lowest BCUT2D eigenvalue weighted by molar-refractivity contribution is 0.631. The van der Waals surface area contributed by atoms with Gasteiger partial charge in [0.25, 0.3) is 0 Å². The molecule has 0 saturated carbocycles. The smallest absolute Gasteiger partial charge is 0.181 e. The summed E-state index contributed by atoms with van der Waals surface area (Å²) in [5, 5.41) is 0. The molecule has 0 unspecified atom stereocenters. The van der Waals surface area contributed by atoms with Gasteiger partial charge in [-0.3, -0.25) is 4.98 Å². The number of nitrogen functional groups attached to an aromatic ring is 1. The minimum Gasteiger partial charge on any atom is -0.397 e. The summed E-state index contributed by atoms with van der Waals surface area (Å²) < 4.78 is 13.1. The Morgan fingerprint density at radius 3 is 3.00 bits per heavy atom. The first-order valence-electron chi connectivity index (χ1n) is 4.48. The van der Waals surface area contributed by atoms with Crippen molar-refractivity contribution < 1.29 is 4.39 Å². The molecule has 1 heterocycles. The molecule has 13 heavy (non-hydrogen) atoms. The summed E-state index contributed by atoms with van der Waals surface area (Å²) in [5.74, 6) is -0.337. The fraction of sp³-hybridized carbons (Fsp3) is 0.444. The van der Waals surface area contributed by atoms with Crippen LogP contribution in [0, 0.1) is 5.82 Å². The fourth-order valence-electron chi connectivity index (χ4n) is 1.06. The molecule has 0 fully saturated rings. The summed E-state index contributed by atoms with van der Waals surface area (Å²) >= 11 is 0. The molecule has 0 aliphatic carbocycles. The molecule has 0 atom stereocenters. The molecule has 0 saturated heterocycles. The minimum atomic E-state index is -0.337. The maximum Gasteiger partial charge on any atom is 0.181 e. The van der Waals surface area contributed by atoms with Crippen molar-refractivity contribution in [3.63, 3.8) is 0 Å². The van der Waals surface area contributed by atoms with Gasteiger partial charge < -0.3 is 5.73 Å². The Hall–Kier alpha value is -1.06. The number of hydrogen-bond donors (Lipinski definition) is 1. The summed E-state index contributed by atoms with van der Waals surface area (Å²) in [6, 6.07) is 1.30. The third-order valence-electron chi connectivity index (χ3n) is 1.79. The Morgan fingerprint density at radius 1 is 1.62 bits per heavy atom. The number of pyridine rings is 1. The highest BCUT2D eigenvalue weighted by Gasteiger charge is 2.04. The number of anilines is 1. The number of hydrogen-bond acceptors (Lipinski definition) is 2. The molecule has 4 heteroatoms. The molecule has 2 N–H and O–H groups in total. The highest BCUT2D eigenvalue weighted by molar-refractivity contribution is 6.52. The third-order valence-corrected chi connectivity index (χ3v) is 1.79. The summed E-state index contributed by atoms with van der Waals surface area (Å²) in [6.07, 6.45) is 4.50. The summed E-state index contributed by atoms with van der Waals surface area (Å²) in [4.78, 5) is 3.89. The van der Waals surface area contributed by atoms with Crippen molar-refractivity contribution in [3.05, 3.63) is 18.1 Å². The number of aromatic nitrogens is 1. The van der Waals surface area contributed by atoms with Crippen LogP contribution in [0.2, 0.25) is 6.32 Å². The van der Waals surface area contributed by atoms with Crippen LogP contribution in [0.5, 0.6) is 0 Å². The van der Waals surface area contributed by atoms with Gasteiger partial charge in [-0.25, -0.2) is 4.39 Å². The van der Waals surface area contributed by atoms with Crippen molar-refractivity contribution in [1.29, 1.82) is 0 Å². The Morgan fingerprint density at radius 2 is 2.38 bits per heavy atom. The van der Waals surface area contributed by atoms with Crippen LogP contribution < -0.4 is 11.3 Å². The Balaban J connectivity index is 2.56. The van der Waals surface area contributed by atoms with Crippen LogP contribution >= 0.6 is 0 Å². The van der Waals surface area contributed by atoms with Gasteiger partial charge in [-0.05, 0) is 6.07 Å². The van der Waals surface area contributed by atoms with Crippen LogP contribution in [-0.2, 0) is 0 Å². The van der Waals surface area contributed by atoms with E-state index >= 15 is 0 Å². The highest BCUT2D eigenvalue weighted by Crippen LogP contribution is 2.01. The van der Waals surface area contributed by atoms with E-state index in [2.05, 4.69) is 11.9 Å². The van der Waals surface area contributed by atoms with Crippen molar-refractivity contribution in [2.45, 2.75) is 26.1 Å². The molecule has 0 spiro atoms. The SMILES string of the molecule is CCCC[B]c1ncc(N)cc1F. The molecule has 0 bridgehead atoms. The van der Waals surface area contributed by atoms with E-state index in [9.17, 15) is 4.39 Å². The second kappa shape index (κ2) is 4.85. The second-order valence-electron chi connectivity index (χ2n) is 2.98. The van der Waals surface area contributed by atoms with E-state index in [1.807, 2.05) is 0 Å². The van der Waals surface area contributed by atoms with Gasteiger partial charge >= 0.3 is 0 Å². The van der Waals surface area contributed by atoms with E-state index in [1.165, 1.54) is 12.3 Å². The Bertz CT molecular complexity index is 278. The lowest BCUT2D eigenvalue weighted by Crippen LogP contribution is -2.22. The third kappa shape index (κ3) is 3.05. The number of nitrogens with zero attached hydrogens (tertiary/aromatic N) is 1. The van der Waals surface area contributed by atoms with Gasteiger partial charge in [-0.15, -0.1) is 0 Å². The van der Waals surface area contributed by atoms with Crippen LogP contribution in [-0.4, -0.2) is 12.3 Å². The molecule has 69 valence electrons. The van der Waals surface area contributed by atoms with Crippen LogP contribution in [0.1, 0.15) is 19.8 Å². The van der Waals surface area contributed by atoms with Crippen molar-refractivity contribution >= 4 is 18.6 Å². The Kier molecular flexibility index (Phi) is 3.74. The highest BCUT2D eigenvalue weighted by atomic mass is 19.1. The van der Waals surface area contributed by atoms with Gasteiger partial charge in [0, 0.05) is 11.8 Å². The molecule has 0 aliphatic heterocycles. The summed E-state index contributed by atoms with van der Waals surface area (Å²) in [7, 11) is 1.80. The van der Waals surface area contributed by atoms with Crippen molar-refractivity contribution in [2.75, 3.05) is 5.73 Å². The molecule has 1 aromatic rings. The van der Waals surface area contributed by atoms with Crippen molar-refractivity contribution in [1.82, 2.24) is 4.98 Å². The van der Waals surface area contributed by atoms with Gasteiger partial charge in [0.15, 0.2) is 7.28 Å². The molecule has 0 aromatic carbocycles. The number of rotatable bonds is 4. The molecule has 1 radical (unpaired) electrons. The summed E-state index contributed by atoms with van der Waals surface area (Å²) in [5.41, 5.74) is 6.14. The van der Waals surface area contributed by atoms with Gasteiger partial charge in [-0.2, -0.15) is 0 Å². The first kappa shape index (κ1) is 10.0. The van der Waals surface area contributed by atoms with Crippen LogP contribution in [0.25, 0.3) is 0 Å². The van der Waals surface area contributed by atoms with Crippen LogP contribution in [0.3, 0.4) is 0 Å². The Labute approximate surface area is 78.6 Å².